The largest absolute Gasteiger partial charge is 0.490 e. The molecule has 1 aromatic heterocycles. The molecule has 6 nitrogen and oxygen atoms in total. The Kier molecular flexibility index (Phi) is 7.05. The van der Waals surface area contributed by atoms with Crippen molar-refractivity contribution < 1.29 is 14.3 Å². The molecule has 1 aromatic rings. The number of nitrogens with zero attached hydrogens (tertiary/aromatic N) is 2. The Morgan fingerprint density at radius 3 is 2.72 bits per heavy atom. The SMILES string of the molecule is CCNCCOc1cccnc1C1CCN(C(=O)OC(C)(C)C)CC1. The van der Waals surface area contributed by atoms with E-state index in [9.17, 15) is 4.79 Å². The van der Waals surface area contributed by atoms with E-state index in [2.05, 4.69) is 17.2 Å². The molecule has 1 aliphatic rings. The van der Waals surface area contributed by atoms with Crippen LogP contribution < -0.4 is 10.1 Å². The van der Waals surface area contributed by atoms with E-state index in [1.54, 1.807) is 4.90 Å². The second-order valence-corrected chi connectivity index (χ2v) is 7.33. The number of rotatable bonds is 6. The Bertz CT molecular complexity index is 549. The van der Waals surface area contributed by atoms with Gasteiger partial charge < -0.3 is 19.7 Å². The van der Waals surface area contributed by atoms with Crippen LogP contribution in [0.5, 0.6) is 5.75 Å². The topological polar surface area (TPSA) is 63.7 Å². The first-order valence-corrected chi connectivity index (χ1v) is 9.17. The molecule has 0 aromatic carbocycles. The average Bonchev–Trinajstić information content (AvgIpc) is 2.58. The van der Waals surface area contributed by atoms with Crippen molar-refractivity contribution in [2.75, 3.05) is 32.8 Å². The fourth-order valence-electron chi connectivity index (χ4n) is 2.90. The number of aromatic nitrogens is 1. The fourth-order valence-corrected chi connectivity index (χ4v) is 2.90. The molecule has 1 saturated heterocycles. The molecule has 1 N–H and O–H groups in total. The molecule has 140 valence electrons. The molecule has 1 aliphatic heterocycles. The Morgan fingerprint density at radius 2 is 2.08 bits per heavy atom. The van der Waals surface area contributed by atoms with Crippen LogP contribution >= 0.6 is 0 Å². The number of amides is 1. The summed E-state index contributed by atoms with van der Waals surface area (Å²) in [4.78, 5) is 18.5. The minimum atomic E-state index is -0.456. The van der Waals surface area contributed by atoms with Gasteiger partial charge in [-0.1, -0.05) is 6.92 Å². The lowest BCUT2D eigenvalue weighted by atomic mass is 9.92. The summed E-state index contributed by atoms with van der Waals surface area (Å²) in [6.07, 6.45) is 3.33. The number of pyridine rings is 1. The highest BCUT2D eigenvalue weighted by Gasteiger charge is 2.29. The maximum atomic E-state index is 12.2. The van der Waals surface area contributed by atoms with Gasteiger partial charge in [0.1, 0.15) is 18.0 Å². The summed E-state index contributed by atoms with van der Waals surface area (Å²) in [6, 6.07) is 3.89. The van der Waals surface area contributed by atoms with Gasteiger partial charge in [-0.15, -0.1) is 0 Å². The smallest absolute Gasteiger partial charge is 0.410 e. The summed E-state index contributed by atoms with van der Waals surface area (Å²) in [5.41, 5.74) is 0.547. The third kappa shape index (κ3) is 6.20. The van der Waals surface area contributed by atoms with E-state index in [1.807, 2.05) is 39.1 Å². The second kappa shape index (κ2) is 9.04. The van der Waals surface area contributed by atoms with Crippen molar-refractivity contribution in [2.24, 2.45) is 0 Å². The highest BCUT2D eigenvalue weighted by molar-refractivity contribution is 5.68. The van der Waals surface area contributed by atoms with Crippen LogP contribution in [0.25, 0.3) is 0 Å². The van der Waals surface area contributed by atoms with Crippen LogP contribution in [-0.4, -0.2) is 54.4 Å². The molecular formula is C19H31N3O3. The number of carbonyl (C=O) groups excluding carboxylic acids is 1. The zero-order chi connectivity index (χ0) is 18.3. The summed E-state index contributed by atoms with van der Waals surface area (Å²) >= 11 is 0. The summed E-state index contributed by atoms with van der Waals surface area (Å²) < 4.78 is 11.4. The van der Waals surface area contributed by atoms with E-state index in [0.717, 1.165) is 37.4 Å². The van der Waals surface area contributed by atoms with Crippen LogP contribution in [0.1, 0.15) is 52.1 Å². The van der Waals surface area contributed by atoms with Crippen molar-refractivity contribution in [2.45, 2.75) is 52.1 Å². The molecular weight excluding hydrogens is 318 g/mol. The molecule has 0 aliphatic carbocycles. The van der Waals surface area contributed by atoms with E-state index >= 15 is 0 Å². The fraction of sp³-hybridized carbons (Fsp3) is 0.684. The maximum Gasteiger partial charge on any atom is 0.410 e. The predicted octanol–water partition coefficient (Wildman–Crippen LogP) is 3.18. The van der Waals surface area contributed by atoms with Crippen molar-refractivity contribution in [1.82, 2.24) is 15.2 Å². The average molecular weight is 349 g/mol. The van der Waals surface area contributed by atoms with Crippen LogP contribution in [0, 0.1) is 0 Å². The molecule has 0 unspecified atom stereocenters. The molecule has 2 rings (SSSR count). The molecule has 0 bridgehead atoms. The van der Waals surface area contributed by atoms with Crippen molar-refractivity contribution in [1.29, 1.82) is 0 Å². The van der Waals surface area contributed by atoms with Gasteiger partial charge in [0.15, 0.2) is 0 Å². The number of nitrogens with one attached hydrogen (secondary N) is 1. The quantitative estimate of drug-likeness (QED) is 0.799. The lowest BCUT2D eigenvalue weighted by Crippen LogP contribution is -2.41. The lowest BCUT2D eigenvalue weighted by Gasteiger charge is -2.33. The molecule has 6 heteroatoms. The van der Waals surface area contributed by atoms with Crippen molar-refractivity contribution >= 4 is 6.09 Å². The minimum absolute atomic E-state index is 0.228. The number of piperidine rings is 1. The van der Waals surface area contributed by atoms with Gasteiger partial charge in [0, 0.05) is 31.7 Å². The van der Waals surface area contributed by atoms with Crippen LogP contribution in [0.4, 0.5) is 4.79 Å². The Balaban J connectivity index is 1.91. The number of likely N-dealkylation sites (N-methyl/N-ethyl adjacent to an activating group) is 1. The van der Waals surface area contributed by atoms with Gasteiger partial charge in [0.25, 0.3) is 0 Å². The highest BCUT2D eigenvalue weighted by atomic mass is 16.6. The van der Waals surface area contributed by atoms with Gasteiger partial charge >= 0.3 is 6.09 Å². The number of likely N-dealkylation sites (tertiary alicyclic amines) is 1. The van der Waals surface area contributed by atoms with E-state index in [1.165, 1.54) is 0 Å². The molecule has 0 radical (unpaired) electrons. The molecule has 2 heterocycles. The summed E-state index contributed by atoms with van der Waals surface area (Å²) in [5.74, 6) is 1.17. The van der Waals surface area contributed by atoms with Crippen LogP contribution in [0.3, 0.4) is 0 Å². The second-order valence-electron chi connectivity index (χ2n) is 7.33. The van der Waals surface area contributed by atoms with E-state index in [0.29, 0.717) is 25.6 Å². The van der Waals surface area contributed by atoms with Gasteiger partial charge in [0.05, 0.1) is 5.69 Å². The molecule has 0 saturated carbocycles. The van der Waals surface area contributed by atoms with E-state index < -0.39 is 5.60 Å². The van der Waals surface area contributed by atoms with Crippen molar-refractivity contribution in [3.8, 4) is 5.75 Å². The van der Waals surface area contributed by atoms with Gasteiger partial charge in [-0.2, -0.15) is 0 Å². The first-order chi connectivity index (χ1) is 11.9. The van der Waals surface area contributed by atoms with Gasteiger partial charge in [0.2, 0.25) is 0 Å². The number of carbonyl (C=O) groups is 1. The third-order valence-electron chi connectivity index (χ3n) is 4.12. The molecule has 0 atom stereocenters. The standard InChI is InChI=1S/C19H31N3O3/c1-5-20-11-14-24-16-7-6-10-21-17(16)15-8-12-22(13-9-15)18(23)25-19(2,3)4/h6-7,10,15,20H,5,8-9,11-14H2,1-4H3. The van der Waals surface area contributed by atoms with E-state index in [4.69, 9.17) is 9.47 Å². The molecule has 1 fully saturated rings. The van der Waals surface area contributed by atoms with Crippen molar-refractivity contribution in [3.63, 3.8) is 0 Å². The van der Waals surface area contributed by atoms with Crippen molar-refractivity contribution in [3.05, 3.63) is 24.0 Å². The number of hydrogen-bond donors (Lipinski definition) is 1. The number of hydrogen-bond acceptors (Lipinski definition) is 5. The minimum Gasteiger partial charge on any atom is -0.490 e. The van der Waals surface area contributed by atoms with E-state index in [-0.39, 0.29) is 6.09 Å². The Hall–Kier alpha value is -1.82. The van der Waals surface area contributed by atoms with Gasteiger partial charge in [-0.25, -0.2) is 4.79 Å². The summed E-state index contributed by atoms with van der Waals surface area (Å²) in [5, 5.41) is 3.25. The summed E-state index contributed by atoms with van der Waals surface area (Å²) in [7, 11) is 0. The first kappa shape index (κ1) is 19.5. The number of ether oxygens (including phenoxy) is 2. The lowest BCUT2D eigenvalue weighted by molar-refractivity contribution is 0.0203. The Morgan fingerprint density at radius 1 is 1.36 bits per heavy atom. The zero-order valence-corrected chi connectivity index (χ0v) is 15.9. The van der Waals surface area contributed by atoms with Gasteiger partial charge in [-0.05, 0) is 52.3 Å². The van der Waals surface area contributed by atoms with Crippen LogP contribution in [0.15, 0.2) is 18.3 Å². The predicted molar refractivity (Wildman–Crippen MR) is 98.1 cm³/mol. The molecule has 1 amide bonds. The Labute approximate surface area is 150 Å². The highest BCUT2D eigenvalue weighted by Crippen LogP contribution is 2.32. The van der Waals surface area contributed by atoms with Gasteiger partial charge in [-0.3, -0.25) is 4.98 Å². The van der Waals surface area contributed by atoms with Crippen LogP contribution in [-0.2, 0) is 4.74 Å². The zero-order valence-electron chi connectivity index (χ0n) is 15.9. The monoisotopic (exact) mass is 349 g/mol. The third-order valence-corrected chi connectivity index (χ3v) is 4.12. The molecule has 25 heavy (non-hydrogen) atoms. The molecule has 0 spiro atoms. The summed E-state index contributed by atoms with van der Waals surface area (Å²) in [6.45, 7) is 11.5. The first-order valence-electron chi connectivity index (χ1n) is 9.17. The maximum absolute atomic E-state index is 12.2. The van der Waals surface area contributed by atoms with Crippen LogP contribution in [0.2, 0.25) is 0 Å². The normalized spacial score (nSPS) is 15.9.